The lowest BCUT2D eigenvalue weighted by atomic mass is 9.81. The van der Waals surface area contributed by atoms with Crippen LogP contribution in [0.15, 0.2) is 24.3 Å². The molecule has 0 heterocycles. The summed E-state index contributed by atoms with van der Waals surface area (Å²) in [5.74, 6) is 1.74. The van der Waals surface area contributed by atoms with Crippen LogP contribution in [0.3, 0.4) is 0 Å². The molecule has 1 fully saturated rings. The van der Waals surface area contributed by atoms with E-state index in [9.17, 15) is 0 Å². The quantitative estimate of drug-likeness (QED) is 0.734. The average Bonchev–Trinajstić information content (AvgIpc) is 2.32. The molecule has 94 valence electrons. The van der Waals surface area contributed by atoms with Gasteiger partial charge in [0.2, 0.25) is 0 Å². The van der Waals surface area contributed by atoms with Crippen LogP contribution in [0.2, 0.25) is 0 Å². The molecule has 0 spiro atoms. The van der Waals surface area contributed by atoms with Crippen LogP contribution in [-0.4, -0.2) is 26.2 Å². The third kappa shape index (κ3) is 3.72. The van der Waals surface area contributed by atoms with Crippen LogP contribution in [0.5, 0.6) is 5.75 Å². The molecule has 0 unspecified atom stereocenters. The second-order valence-electron chi connectivity index (χ2n) is 4.90. The van der Waals surface area contributed by atoms with E-state index in [2.05, 4.69) is 17.4 Å². The van der Waals surface area contributed by atoms with Crippen LogP contribution in [0.1, 0.15) is 18.4 Å². The van der Waals surface area contributed by atoms with Gasteiger partial charge in [0, 0.05) is 6.04 Å². The van der Waals surface area contributed by atoms with Crippen molar-refractivity contribution in [2.45, 2.75) is 25.3 Å². The average molecular weight is 234 g/mol. The van der Waals surface area contributed by atoms with Crippen LogP contribution in [0.4, 0.5) is 0 Å². The summed E-state index contributed by atoms with van der Waals surface area (Å²) in [5.41, 5.74) is 7.08. The van der Waals surface area contributed by atoms with Crippen molar-refractivity contribution in [1.82, 2.24) is 5.32 Å². The summed E-state index contributed by atoms with van der Waals surface area (Å²) in [6.45, 7) is 2.14. The van der Waals surface area contributed by atoms with Crippen molar-refractivity contribution in [1.29, 1.82) is 0 Å². The molecule has 0 radical (unpaired) electrons. The first-order chi connectivity index (χ1) is 8.28. The first kappa shape index (κ1) is 12.4. The Kier molecular flexibility index (Phi) is 4.40. The van der Waals surface area contributed by atoms with Crippen LogP contribution >= 0.6 is 0 Å². The molecule has 0 aliphatic heterocycles. The van der Waals surface area contributed by atoms with Gasteiger partial charge in [0.25, 0.3) is 0 Å². The Labute approximate surface area is 103 Å². The van der Waals surface area contributed by atoms with Crippen LogP contribution in [0.25, 0.3) is 0 Å². The number of nitrogens with two attached hydrogens (primary N) is 1. The smallest absolute Gasteiger partial charge is 0.119 e. The lowest BCUT2D eigenvalue weighted by Crippen LogP contribution is -2.41. The molecule has 3 heteroatoms. The second-order valence-corrected chi connectivity index (χ2v) is 4.90. The molecular formula is C14H22N2O. The molecule has 1 saturated carbocycles. The number of methoxy groups -OCH3 is 1. The van der Waals surface area contributed by atoms with Crippen molar-refractivity contribution >= 4 is 0 Å². The fraction of sp³-hybridized carbons (Fsp3) is 0.571. The van der Waals surface area contributed by atoms with Crippen molar-refractivity contribution in [3.63, 3.8) is 0 Å². The Bertz CT molecular complexity index is 348. The molecule has 0 bridgehead atoms. The zero-order chi connectivity index (χ0) is 12.1. The second kappa shape index (κ2) is 6.03. The van der Waals surface area contributed by atoms with E-state index in [0.29, 0.717) is 6.04 Å². The molecular weight excluding hydrogens is 212 g/mol. The summed E-state index contributed by atoms with van der Waals surface area (Å²) in [4.78, 5) is 0. The Balaban J connectivity index is 1.64. The zero-order valence-electron chi connectivity index (χ0n) is 10.5. The molecule has 17 heavy (non-hydrogen) atoms. The first-order valence-electron chi connectivity index (χ1n) is 6.37. The van der Waals surface area contributed by atoms with Crippen molar-refractivity contribution < 1.29 is 4.74 Å². The van der Waals surface area contributed by atoms with Gasteiger partial charge in [-0.25, -0.2) is 0 Å². The van der Waals surface area contributed by atoms with E-state index >= 15 is 0 Å². The maximum atomic E-state index is 5.75. The summed E-state index contributed by atoms with van der Waals surface area (Å²) >= 11 is 0. The molecule has 1 aromatic carbocycles. The van der Waals surface area contributed by atoms with E-state index in [4.69, 9.17) is 10.5 Å². The minimum Gasteiger partial charge on any atom is -0.497 e. The molecule has 2 rings (SSSR count). The van der Waals surface area contributed by atoms with Crippen LogP contribution < -0.4 is 15.8 Å². The number of ether oxygens (including phenoxy) is 1. The van der Waals surface area contributed by atoms with E-state index in [1.54, 1.807) is 7.11 Å². The maximum Gasteiger partial charge on any atom is 0.119 e. The monoisotopic (exact) mass is 234 g/mol. The highest BCUT2D eigenvalue weighted by Crippen LogP contribution is 2.24. The van der Waals surface area contributed by atoms with Crippen molar-refractivity contribution in [3.05, 3.63) is 29.8 Å². The molecule has 3 nitrogen and oxygen atoms in total. The topological polar surface area (TPSA) is 47.3 Å². The van der Waals surface area contributed by atoms with Crippen molar-refractivity contribution in [2.24, 2.45) is 11.7 Å². The third-order valence-corrected chi connectivity index (χ3v) is 3.43. The van der Waals surface area contributed by atoms with Crippen LogP contribution in [-0.2, 0) is 6.42 Å². The molecule has 0 aromatic heterocycles. The highest BCUT2D eigenvalue weighted by molar-refractivity contribution is 5.28. The number of hydrogen-bond donors (Lipinski definition) is 2. The Morgan fingerprint density at radius 2 is 2.24 bits per heavy atom. The van der Waals surface area contributed by atoms with Gasteiger partial charge in [-0.05, 0) is 56.0 Å². The SMILES string of the molecule is COc1cccc(CCNCC2CC(N)C2)c1. The minimum atomic E-state index is 0.459. The lowest BCUT2D eigenvalue weighted by Gasteiger charge is -2.32. The summed E-state index contributed by atoms with van der Waals surface area (Å²) in [6, 6.07) is 8.72. The minimum absolute atomic E-state index is 0.459. The maximum absolute atomic E-state index is 5.75. The summed E-state index contributed by atoms with van der Waals surface area (Å²) in [6.07, 6.45) is 3.42. The van der Waals surface area contributed by atoms with E-state index in [-0.39, 0.29) is 0 Å². The highest BCUT2D eigenvalue weighted by atomic mass is 16.5. The Morgan fingerprint density at radius 1 is 1.41 bits per heavy atom. The normalized spacial score (nSPS) is 23.2. The predicted octanol–water partition coefficient (Wildman–Crippen LogP) is 1.56. The van der Waals surface area contributed by atoms with E-state index in [1.165, 1.54) is 18.4 Å². The van der Waals surface area contributed by atoms with Crippen molar-refractivity contribution in [3.8, 4) is 5.75 Å². The van der Waals surface area contributed by atoms with E-state index in [1.807, 2.05) is 12.1 Å². The molecule has 0 amide bonds. The predicted molar refractivity (Wildman–Crippen MR) is 70.3 cm³/mol. The number of rotatable bonds is 6. The van der Waals surface area contributed by atoms with Gasteiger partial charge in [-0.15, -0.1) is 0 Å². The summed E-state index contributed by atoms with van der Waals surface area (Å²) in [5, 5.41) is 3.50. The molecule has 0 atom stereocenters. The molecule has 1 aliphatic rings. The Hall–Kier alpha value is -1.06. The van der Waals surface area contributed by atoms with Gasteiger partial charge in [-0.3, -0.25) is 0 Å². The van der Waals surface area contributed by atoms with Crippen LogP contribution in [0, 0.1) is 5.92 Å². The fourth-order valence-corrected chi connectivity index (χ4v) is 2.32. The Morgan fingerprint density at radius 3 is 2.94 bits per heavy atom. The first-order valence-corrected chi connectivity index (χ1v) is 6.37. The largest absolute Gasteiger partial charge is 0.497 e. The highest BCUT2D eigenvalue weighted by Gasteiger charge is 2.24. The molecule has 0 saturated heterocycles. The number of nitrogens with one attached hydrogen (secondary N) is 1. The lowest BCUT2D eigenvalue weighted by molar-refractivity contribution is 0.257. The molecule has 3 N–H and O–H groups in total. The van der Waals surface area contributed by atoms with Gasteiger partial charge in [0.05, 0.1) is 7.11 Å². The summed E-state index contributed by atoms with van der Waals surface area (Å²) in [7, 11) is 1.71. The van der Waals surface area contributed by atoms with Gasteiger partial charge in [0.1, 0.15) is 5.75 Å². The summed E-state index contributed by atoms with van der Waals surface area (Å²) < 4.78 is 5.20. The standard InChI is InChI=1S/C14H22N2O/c1-17-14-4-2-3-11(9-14)5-6-16-10-12-7-13(15)8-12/h2-4,9,12-13,16H,5-8,10,15H2,1H3. The third-order valence-electron chi connectivity index (χ3n) is 3.43. The molecule has 1 aromatic rings. The molecule has 1 aliphatic carbocycles. The van der Waals surface area contributed by atoms with Gasteiger partial charge in [-0.1, -0.05) is 12.1 Å². The van der Waals surface area contributed by atoms with E-state index in [0.717, 1.165) is 31.2 Å². The number of benzene rings is 1. The van der Waals surface area contributed by atoms with Crippen molar-refractivity contribution in [2.75, 3.05) is 20.2 Å². The van der Waals surface area contributed by atoms with Gasteiger partial charge in [0.15, 0.2) is 0 Å². The zero-order valence-corrected chi connectivity index (χ0v) is 10.5. The van der Waals surface area contributed by atoms with Gasteiger partial charge in [-0.2, -0.15) is 0 Å². The fourth-order valence-electron chi connectivity index (χ4n) is 2.32. The van der Waals surface area contributed by atoms with Gasteiger partial charge >= 0.3 is 0 Å². The van der Waals surface area contributed by atoms with Gasteiger partial charge < -0.3 is 15.8 Å². The number of hydrogen-bond acceptors (Lipinski definition) is 3. The van der Waals surface area contributed by atoms with E-state index < -0.39 is 0 Å².